The Bertz CT molecular complexity index is 1040. The molecule has 1 heterocycles. The minimum atomic E-state index is -4.74. The Morgan fingerprint density at radius 1 is 1.06 bits per heavy atom. The standard InChI is InChI=1S/C21H19F3N2O4S/c1-28-17-8-3-13(9-18(17)29-2)11-25-19(27)10-16-12-26-20(31-16)14-4-6-15(7-5-14)30-21(22,23)24/h3-9,12H,10-11H2,1-2H3,(H,25,27). The highest BCUT2D eigenvalue weighted by atomic mass is 32.1. The average Bonchev–Trinajstić information content (AvgIpc) is 3.19. The molecule has 0 spiro atoms. The van der Waals surface area contributed by atoms with Crippen LogP contribution in [0, 0.1) is 0 Å². The van der Waals surface area contributed by atoms with Crippen molar-refractivity contribution in [2.24, 2.45) is 0 Å². The van der Waals surface area contributed by atoms with E-state index >= 15 is 0 Å². The number of nitrogens with one attached hydrogen (secondary N) is 1. The van der Waals surface area contributed by atoms with Gasteiger partial charge in [0.15, 0.2) is 11.5 Å². The second-order valence-corrected chi connectivity index (χ2v) is 7.46. The lowest BCUT2D eigenvalue weighted by Crippen LogP contribution is -2.24. The molecule has 1 amide bonds. The van der Waals surface area contributed by atoms with E-state index in [1.165, 1.54) is 35.6 Å². The molecule has 2 aromatic carbocycles. The number of hydrogen-bond donors (Lipinski definition) is 1. The minimum absolute atomic E-state index is 0.139. The quantitative estimate of drug-likeness (QED) is 0.542. The van der Waals surface area contributed by atoms with Crippen molar-refractivity contribution >= 4 is 17.2 Å². The molecule has 0 saturated heterocycles. The zero-order valence-corrected chi connectivity index (χ0v) is 17.5. The molecule has 10 heteroatoms. The van der Waals surface area contributed by atoms with Gasteiger partial charge in [-0.05, 0) is 42.0 Å². The van der Waals surface area contributed by atoms with E-state index < -0.39 is 6.36 Å². The SMILES string of the molecule is COc1ccc(CNC(=O)Cc2cnc(-c3ccc(OC(F)(F)F)cc3)s2)cc1OC. The van der Waals surface area contributed by atoms with Crippen LogP contribution >= 0.6 is 11.3 Å². The summed E-state index contributed by atoms with van der Waals surface area (Å²) in [5.41, 5.74) is 1.49. The number of carbonyl (C=O) groups is 1. The predicted molar refractivity (Wildman–Crippen MR) is 109 cm³/mol. The van der Waals surface area contributed by atoms with Gasteiger partial charge in [0.2, 0.25) is 5.91 Å². The molecular weight excluding hydrogens is 433 g/mol. The van der Waals surface area contributed by atoms with Crippen molar-refractivity contribution < 1.29 is 32.2 Å². The van der Waals surface area contributed by atoms with Gasteiger partial charge in [-0.1, -0.05) is 6.07 Å². The van der Waals surface area contributed by atoms with E-state index in [2.05, 4.69) is 15.0 Å². The first-order valence-electron chi connectivity index (χ1n) is 9.06. The molecule has 0 fully saturated rings. The van der Waals surface area contributed by atoms with E-state index in [-0.39, 0.29) is 18.1 Å². The van der Waals surface area contributed by atoms with Crippen molar-refractivity contribution in [3.05, 3.63) is 59.1 Å². The molecule has 0 aliphatic rings. The number of benzene rings is 2. The summed E-state index contributed by atoms with van der Waals surface area (Å²) in [4.78, 5) is 17.3. The second-order valence-electron chi connectivity index (χ2n) is 6.35. The van der Waals surface area contributed by atoms with Gasteiger partial charge in [-0.15, -0.1) is 24.5 Å². The second kappa shape index (κ2) is 9.69. The van der Waals surface area contributed by atoms with E-state index in [0.717, 1.165) is 10.4 Å². The van der Waals surface area contributed by atoms with Crippen LogP contribution in [0.2, 0.25) is 0 Å². The smallest absolute Gasteiger partial charge is 0.493 e. The van der Waals surface area contributed by atoms with Gasteiger partial charge in [-0.25, -0.2) is 4.98 Å². The molecule has 3 rings (SSSR count). The van der Waals surface area contributed by atoms with Crippen LogP contribution < -0.4 is 19.5 Å². The highest BCUT2D eigenvalue weighted by Gasteiger charge is 2.31. The first-order chi connectivity index (χ1) is 14.8. The number of alkyl halides is 3. The van der Waals surface area contributed by atoms with Crippen molar-refractivity contribution in [1.82, 2.24) is 10.3 Å². The molecule has 0 atom stereocenters. The lowest BCUT2D eigenvalue weighted by Gasteiger charge is -2.10. The molecule has 0 bridgehead atoms. The number of hydrogen-bond acceptors (Lipinski definition) is 6. The fraction of sp³-hybridized carbons (Fsp3) is 0.238. The normalized spacial score (nSPS) is 11.1. The van der Waals surface area contributed by atoms with Crippen molar-refractivity contribution in [3.8, 4) is 27.8 Å². The third-order valence-corrected chi connectivity index (χ3v) is 5.21. The van der Waals surface area contributed by atoms with Gasteiger partial charge in [-0.3, -0.25) is 4.79 Å². The monoisotopic (exact) mass is 452 g/mol. The molecule has 3 aromatic rings. The van der Waals surface area contributed by atoms with Crippen LogP contribution in [0.5, 0.6) is 17.2 Å². The summed E-state index contributed by atoms with van der Waals surface area (Å²) in [5.74, 6) is 0.697. The molecule has 0 saturated carbocycles. The summed E-state index contributed by atoms with van der Waals surface area (Å²) < 4.78 is 51.0. The Labute approximate surface area is 180 Å². The average molecular weight is 452 g/mol. The van der Waals surface area contributed by atoms with Crippen LogP contribution in [-0.4, -0.2) is 31.5 Å². The summed E-state index contributed by atoms with van der Waals surface area (Å²) >= 11 is 1.29. The topological polar surface area (TPSA) is 69.7 Å². The number of aromatic nitrogens is 1. The third-order valence-electron chi connectivity index (χ3n) is 4.16. The van der Waals surface area contributed by atoms with Gasteiger partial charge in [0.25, 0.3) is 0 Å². The maximum absolute atomic E-state index is 12.3. The fourth-order valence-corrected chi connectivity index (χ4v) is 3.65. The van der Waals surface area contributed by atoms with E-state index in [1.54, 1.807) is 32.5 Å². The number of rotatable bonds is 8. The highest BCUT2D eigenvalue weighted by molar-refractivity contribution is 7.15. The molecule has 0 unspecified atom stereocenters. The minimum Gasteiger partial charge on any atom is -0.493 e. The molecular formula is C21H19F3N2O4S. The van der Waals surface area contributed by atoms with E-state index in [4.69, 9.17) is 9.47 Å². The number of carbonyl (C=O) groups excluding carboxylic acids is 1. The molecule has 0 radical (unpaired) electrons. The molecule has 0 aliphatic carbocycles. The van der Waals surface area contributed by atoms with Gasteiger partial charge >= 0.3 is 6.36 Å². The Balaban J connectivity index is 1.56. The summed E-state index contributed by atoms with van der Waals surface area (Å²) in [6.45, 7) is 0.325. The van der Waals surface area contributed by atoms with Gasteiger partial charge in [0, 0.05) is 23.2 Å². The number of methoxy groups -OCH3 is 2. The summed E-state index contributed by atoms with van der Waals surface area (Å²) in [6, 6.07) is 10.8. The lowest BCUT2D eigenvalue weighted by molar-refractivity contribution is -0.274. The van der Waals surface area contributed by atoms with Crippen molar-refractivity contribution in [1.29, 1.82) is 0 Å². The Morgan fingerprint density at radius 3 is 2.42 bits per heavy atom. The van der Waals surface area contributed by atoms with Crippen LogP contribution in [0.25, 0.3) is 10.6 Å². The van der Waals surface area contributed by atoms with Crippen LogP contribution in [0.1, 0.15) is 10.4 Å². The van der Waals surface area contributed by atoms with E-state index in [1.807, 2.05) is 6.07 Å². The van der Waals surface area contributed by atoms with Crippen molar-refractivity contribution in [3.63, 3.8) is 0 Å². The first kappa shape index (κ1) is 22.4. The molecule has 1 aromatic heterocycles. The van der Waals surface area contributed by atoms with E-state index in [0.29, 0.717) is 28.6 Å². The van der Waals surface area contributed by atoms with Crippen molar-refractivity contribution in [2.45, 2.75) is 19.3 Å². The van der Waals surface area contributed by atoms with Crippen LogP contribution in [-0.2, 0) is 17.8 Å². The molecule has 1 N–H and O–H groups in total. The van der Waals surface area contributed by atoms with Gasteiger partial charge in [-0.2, -0.15) is 0 Å². The summed E-state index contributed by atoms with van der Waals surface area (Å²) in [5, 5.41) is 3.43. The fourth-order valence-electron chi connectivity index (χ4n) is 2.73. The molecule has 31 heavy (non-hydrogen) atoms. The molecule has 164 valence electrons. The number of amides is 1. The molecule has 0 aliphatic heterocycles. The van der Waals surface area contributed by atoms with Crippen LogP contribution in [0.15, 0.2) is 48.7 Å². The van der Waals surface area contributed by atoms with Crippen molar-refractivity contribution in [2.75, 3.05) is 14.2 Å². The third kappa shape index (κ3) is 6.35. The lowest BCUT2D eigenvalue weighted by atomic mass is 10.2. The maximum Gasteiger partial charge on any atom is 0.573 e. The Morgan fingerprint density at radius 2 is 1.77 bits per heavy atom. The Kier molecular flexibility index (Phi) is 7.01. The number of ether oxygens (including phenoxy) is 3. The maximum atomic E-state index is 12.3. The number of thiazole rings is 1. The van der Waals surface area contributed by atoms with E-state index in [9.17, 15) is 18.0 Å². The molecule has 6 nitrogen and oxygen atoms in total. The van der Waals surface area contributed by atoms with Gasteiger partial charge in [0.05, 0.1) is 20.6 Å². The highest BCUT2D eigenvalue weighted by Crippen LogP contribution is 2.30. The van der Waals surface area contributed by atoms with Gasteiger partial charge < -0.3 is 19.5 Å². The largest absolute Gasteiger partial charge is 0.573 e. The first-order valence-corrected chi connectivity index (χ1v) is 9.87. The van der Waals surface area contributed by atoms with Crippen LogP contribution in [0.4, 0.5) is 13.2 Å². The zero-order valence-electron chi connectivity index (χ0n) is 16.7. The predicted octanol–water partition coefficient (Wildman–Crippen LogP) is 4.58. The van der Waals surface area contributed by atoms with Gasteiger partial charge in [0.1, 0.15) is 10.8 Å². The van der Waals surface area contributed by atoms with Crippen LogP contribution in [0.3, 0.4) is 0 Å². The summed E-state index contributed by atoms with van der Waals surface area (Å²) in [7, 11) is 3.09. The number of halogens is 3. The Hall–Kier alpha value is -3.27. The zero-order chi connectivity index (χ0) is 22.4. The summed E-state index contributed by atoms with van der Waals surface area (Å²) in [6.07, 6.45) is -3.02. The number of nitrogens with zero attached hydrogens (tertiary/aromatic N) is 1.